The summed E-state index contributed by atoms with van der Waals surface area (Å²) < 4.78 is 5.97. The normalized spacial score (nSPS) is 11.7. The molecule has 0 aliphatic carbocycles. The summed E-state index contributed by atoms with van der Waals surface area (Å²) in [6, 6.07) is 36.0. The van der Waals surface area contributed by atoms with Gasteiger partial charge in [-0.05, 0) is 65.7 Å². The molecule has 0 unspecified atom stereocenters. The monoisotopic (exact) mass is 598 g/mol. The van der Waals surface area contributed by atoms with Gasteiger partial charge in [0.2, 0.25) is 0 Å². The highest BCUT2D eigenvalue weighted by Crippen LogP contribution is 2.24. The largest absolute Gasteiger partial charge is 0.492 e. The fourth-order valence-electron chi connectivity index (χ4n) is 5.10. The molecule has 5 aromatic rings. The van der Waals surface area contributed by atoms with E-state index < -0.39 is 12.0 Å². The number of rotatable bonds is 13. The number of allylic oxidation sites excluding steroid dienone is 1. The van der Waals surface area contributed by atoms with Gasteiger partial charge in [-0.25, -0.2) is 4.79 Å². The van der Waals surface area contributed by atoms with Gasteiger partial charge in [0.05, 0.1) is 6.54 Å². The van der Waals surface area contributed by atoms with Gasteiger partial charge >= 0.3 is 5.97 Å². The number of hydrogen-bond acceptors (Lipinski definition) is 5. The average molecular weight is 599 g/mol. The minimum absolute atomic E-state index is 0.133. The van der Waals surface area contributed by atoms with Crippen LogP contribution in [0.25, 0.3) is 10.8 Å². The van der Waals surface area contributed by atoms with Crippen molar-refractivity contribution in [2.45, 2.75) is 19.4 Å². The standard InChI is InChI=1S/C38H34N2O5/c1-2-10-36(41)40(31-20-19-28-11-6-7-14-30(28)26-31)23-24-45-32-21-17-27(18-22-32)25-35(38(43)44)39-34-16-9-8-15-33(34)37(42)29-12-4-3-5-13-29/h2-22,26,35,39H,23-25H2,1H3,(H,43,44)/b10-2+/t35-/m0/s1. The van der Waals surface area contributed by atoms with E-state index in [9.17, 15) is 19.5 Å². The number of benzene rings is 5. The highest BCUT2D eigenvalue weighted by molar-refractivity contribution is 6.12. The summed E-state index contributed by atoms with van der Waals surface area (Å²) in [5.41, 5.74) is 2.97. The fraction of sp³-hybridized carbons (Fsp3) is 0.132. The molecule has 1 amide bonds. The molecular weight excluding hydrogens is 564 g/mol. The first-order chi connectivity index (χ1) is 21.9. The van der Waals surface area contributed by atoms with Crippen molar-refractivity contribution >= 4 is 39.8 Å². The summed E-state index contributed by atoms with van der Waals surface area (Å²) >= 11 is 0. The lowest BCUT2D eigenvalue weighted by atomic mass is 10.00. The summed E-state index contributed by atoms with van der Waals surface area (Å²) in [7, 11) is 0. The molecule has 0 bridgehead atoms. The van der Waals surface area contributed by atoms with Crippen LogP contribution >= 0.6 is 0 Å². The van der Waals surface area contributed by atoms with Gasteiger partial charge in [0.1, 0.15) is 18.4 Å². The van der Waals surface area contributed by atoms with E-state index in [4.69, 9.17) is 4.74 Å². The number of hydrogen-bond donors (Lipinski definition) is 2. The predicted octanol–water partition coefficient (Wildman–Crippen LogP) is 7.17. The van der Waals surface area contributed by atoms with Gasteiger partial charge in [0.15, 0.2) is 5.78 Å². The molecule has 2 N–H and O–H groups in total. The zero-order valence-corrected chi connectivity index (χ0v) is 24.9. The van der Waals surface area contributed by atoms with Gasteiger partial charge in [0, 0.05) is 28.9 Å². The van der Waals surface area contributed by atoms with E-state index in [0.717, 1.165) is 22.0 Å². The van der Waals surface area contributed by atoms with Crippen molar-refractivity contribution in [3.05, 3.63) is 150 Å². The van der Waals surface area contributed by atoms with Crippen LogP contribution < -0.4 is 15.0 Å². The van der Waals surface area contributed by atoms with Crippen LogP contribution in [0.1, 0.15) is 28.4 Å². The Kier molecular flexibility index (Phi) is 10.0. The maximum atomic E-state index is 13.1. The lowest BCUT2D eigenvalue weighted by Crippen LogP contribution is -2.33. The Labute approximate surface area is 262 Å². The Morgan fingerprint density at radius 2 is 1.51 bits per heavy atom. The van der Waals surface area contributed by atoms with Crippen LogP contribution in [0.5, 0.6) is 5.75 Å². The first-order valence-corrected chi connectivity index (χ1v) is 14.8. The molecule has 0 radical (unpaired) electrons. The maximum absolute atomic E-state index is 13.1. The Balaban J connectivity index is 1.23. The SMILES string of the molecule is C/C=C/C(=O)N(CCOc1ccc(C[C@H](Nc2ccccc2C(=O)c2ccccc2)C(=O)O)cc1)c1ccc2ccccc2c1. The second-order valence-electron chi connectivity index (χ2n) is 10.5. The Morgan fingerprint density at radius 3 is 2.24 bits per heavy atom. The van der Waals surface area contributed by atoms with Gasteiger partial charge in [-0.1, -0.05) is 91.0 Å². The lowest BCUT2D eigenvalue weighted by Gasteiger charge is -2.22. The highest BCUT2D eigenvalue weighted by atomic mass is 16.5. The number of aliphatic carboxylic acids is 1. The van der Waals surface area contributed by atoms with Crippen LogP contribution in [0.3, 0.4) is 0 Å². The average Bonchev–Trinajstić information content (AvgIpc) is 3.07. The van der Waals surface area contributed by atoms with Gasteiger partial charge < -0.3 is 20.1 Å². The van der Waals surface area contributed by atoms with Crippen LogP contribution in [0.2, 0.25) is 0 Å². The smallest absolute Gasteiger partial charge is 0.326 e. The van der Waals surface area contributed by atoms with Gasteiger partial charge in [-0.2, -0.15) is 0 Å². The molecule has 7 nitrogen and oxygen atoms in total. The third-order valence-electron chi connectivity index (χ3n) is 7.40. The van der Waals surface area contributed by atoms with Crippen LogP contribution in [-0.2, 0) is 16.0 Å². The molecule has 45 heavy (non-hydrogen) atoms. The van der Waals surface area contributed by atoms with Crippen molar-refractivity contribution < 1.29 is 24.2 Å². The summed E-state index contributed by atoms with van der Waals surface area (Å²) in [5, 5.41) is 15.2. The number of fused-ring (bicyclic) bond motifs is 1. The van der Waals surface area contributed by atoms with Gasteiger partial charge in [0.25, 0.3) is 5.91 Å². The minimum atomic E-state index is -1.03. The van der Waals surface area contributed by atoms with Crippen molar-refractivity contribution in [3.8, 4) is 5.75 Å². The highest BCUT2D eigenvalue weighted by Gasteiger charge is 2.21. The lowest BCUT2D eigenvalue weighted by molar-refractivity contribution is -0.137. The van der Waals surface area contributed by atoms with E-state index in [0.29, 0.717) is 29.1 Å². The third kappa shape index (κ3) is 7.83. The number of carbonyl (C=O) groups excluding carboxylic acids is 2. The maximum Gasteiger partial charge on any atom is 0.326 e. The molecular formula is C38H34N2O5. The van der Waals surface area contributed by atoms with Crippen LogP contribution in [0.15, 0.2) is 133 Å². The molecule has 5 aromatic carbocycles. The number of carboxylic acids is 1. The molecule has 0 saturated heterocycles. The first-order valence-electron chi connectivity index (χ1n) is 14.8. The summed E-state index contributed by atoms with van der Waals surface area (Å²) in [6.45, 7) is 2.42. The number of carbonyl (C=O) groups is 3. The fourth-order valence-corrected chi connectivity index (χ4v) is 5.10. The quantitative estimate of drug-likeness (QED) is 0.110. The van der Waals surface area contributed by atoms with E-state index in [1.165, 1.54) is 6.08 Å². The zero-order valence-electron chi connectivity index (χ0n) is 24.9. The number of anilines is 2. The van der Waals surface area contributed by atoms with E-state index in [1.54, 1.807) is 71.6 Å². The molecule has 5 rings (SSSR count). The van der Waals surface area contributed by atoms with E-state index in [2.05, 4.69) is 5.32 Å². The molecule has 226 valence electrons. The third-order valence-corrected chi connectivity index (χ3v) is 7.40. The number of para-hydroxylation sites is 1. The molecule has 0 heterocycles. The van der Waals surface area contributed by atoms with E-state index in [1.807, 2.05) is 67.6 Å². The van der Waals surface area contributed by atoms with Crippen molar-refractivity contribution in [3.63, 3.8) is 0 Å². The van der Waals surface area contributed by atoms with Gasteiger partial charge in [-0.15, -0.1) is 0 Å². The zero-order chi connectivity index (χ0) is 31.6. The number of nitrogens with one attached hydrogen (secondary N) is 1. The van der Waals surface area contributed by atoms with Crippen LogP contribution in [0.4, 0.5) is 11.4 Å². The topological polar surface area (TPSA) is 95.9 Å². The van der Waals surface area contributed by atoms with Crippen LogP contribution in [0, 0.1) is 0 Å². The van der Waals surface area contributed by atoms with Crippen molar-refractivity contribution in [1.82, 2.24) is 0 Å². The minimum Gasteiger partial charge on any atom is -0.492 e. The molecule has 0 aliphatic rings. The molecule has 0 fully saturated rings. The second kappa shape index (κ2) is 14.7. The summed E-state index contributed by atoms with van der Waals surface area (Å²) in [6.07, 6.45) is 3.44. The Bertz CT molecular complexity index is 1820. The molecule has 0 saturated carbocycles. The van der Waals surface area contributed by atoms with Crippen molar-refractivity contribution in [1.29, 1.82) is 0 Å². The van der Waals surface area contributed by atoms with Crippen molar-refractivity contribution in [2.24, 2.45) is 0 Å². The molecule has 1 atom stereocenters. The summed E-state index contributed by atoms with van der Waals surface area (Å²) in [4.78, 5) is 39.9. The predicted molar refractivity (Wildman–Crippen MR) is 178 cm³/mol. The molecule has 0 aromatic heterocycles. The van der Waals surface area contributed by atoms with Crippen LogP contribution in [-0.4, -0.2) is 42.0 Å². The Morgan fingerprint density at radius 1 is 0.822 bits per heavy atom. The number of carboxylic acid groups (broad SMARTS) is 1. The van der Waals surface area contributed by atoms with E-state index in [-0.39, 0.29) is 24.7 Å². The second-order valence-corrected chi connectivity index (χ2v) is 10.5. The van der Waals surface area contributed by atoms with Gasteiger partial charge in [-0.3, -0.25) is 9.59 Å². The first kappa shape index (κ1) is 30.8. The molecule has 0 spiro atoms. The summed E-state index contributed by atoms with van der Waals surface area (Å²) in [5.74, 6) is -0.742. The number of ketones is 1. The van der Waals surface area contributed by atoms with Crippen molar-refractivity contribution in [2.75, 3.05) is 23.4 Å². The Hall–Kier alpha value is -5.69. The molecule has 7 heteroatoms. The van der Waals surface area contributed by atoms with E-state index >= 15 is 0 Å². The number of nitrogens with zero attached hydrogens (tertiary/aromatic N) is 1. The number of amides is 1. The number of ether oxygens (including phenoxy) is 1. The molecule has 0 aliphatic heterocycles.